The van der Waals surface area contributed by atoms with Gasteiger partial charge in [-0.1, -0.05) is 0 Å². The molecule has 0 unspecified atom stereocenters. The van der Waals surface area contributed by atoms with E-state index < -0.39 is 0 Å². The monoisotopic (exact) mass is 200 g/mol. The van der Waals surface area contributed by atoms with Crippen molar-refractivity contribution in [3.8, 4) is 0 Å². The lowest BCUT2D eigenvalue weighted by molar-refractivity contribution is -0.130. The first kappa shape index (κ1) is 11.5. The highest BCUT2D eigenvalue weighted by molar-refractivity contribution is 5.78. The van der Waals surface area contributed by atoms with Crippen LogP contribution >= 0.6 is 0 Å². The maximum atomic E-state index is 11.5. The van der Waals surface area contributed by atoms with E-state index in [-0.39, 0.29) is 18.1 Å². The third-order valence-corrected chi connectivity index (χ3v) is 2.82. The summed E-state index contributed by atoms with van der Waals surface area (Å²) in [6.07, 6.45) is 1.39. The van der Waals surface area contributed by atoms with Crippen molar-refractivity contribution < 1.29 is 9.90 Å². The number of hydrogen-bond acceptors (Lipinski definition) is 3. The molecule has 82 valence electrons. The molecule has 1 aliphatic rings. The van der Waals surface area contributed by atoms with Crippen LogP contribution in [-0.2, 0) is 4.79 Å². The van der Waals surface area contributed by atoms with Gasteiger partial charge in [-0.15, -0.1) is 0 Å². The summed E-state index contributed by atoms with van der Waals surface area (Å²) in [5, 5.41) is 12.2. The van der Waals surface area contributed by atoms with Crippen LogP contribution in [0.2, 0.25) is 0 Å². The normalized spacial score (nSPS) is 26.1. The number of hydrogen-bond donors (Lipinski definition) is 2. The topological polar surface area (TPSA) is 52.6 Å². The van der Waals surface area contributed by atoms with Crippen molar-refractivity contribution in [3.05, 3.63) is 0 Å². The van der Waals surface area contributed by atoms with Crippen LogP contribution in [0.5, 0.6) is 0 Å². The van der Waals surface area contributed by atoms with E-state index in [1.165, 1.54) is 0 Å². The van der Waals surface area contributed by atoms with E-state index in [1.54, 1.807) is 4.90 Å². The molecule has 0 aromatic rings. The maximum Gasteiger partial charge on any atom is 0.236 e. The van der Waals surface area contributed by atoms with Crippen molar-refractivity contribution in [1.29, 1.82) is 0 Å². The molecule has 0 aliphatic heterocycles. The van der Waals surface area contributed by atoms with Gasteiger partial charge in [-0.2, -0.15) is 0 Å². The summed E-state index contributed by atoms with van der Waals surface area (Å²) in [6, 6.07) is 0.575. The molecule has 1 saturated carbocycles. The van der Waals surface area contributed by atoms with Gasteiger partial charge in [-0.25, -0.2) is 0 Å². The van der Waals surface area contributed by atoms with E-state index in [0.29, 0.717) is 12.6 Å². The van der Waals surface area contributed by atoms with Crippen molar-refractivity contribution in [2.75, 3.05) is 13.6 Å². The van der Waals surface area contributed by atoms with Crippen LogP contribution in [0.15, 0.2) is 0 Å². The van der Waals surface area contributed by atoms with Gasteiger partial charge >= 0.3 is 0 Å². The average Bonchev–Trinajstić information content (AvgIpc) is 2.08. The van der Waals surface area contributed by atoms with Gasteiger partial charge in [0.1, 0.15) is 0 Å². The molecule has 1 amide bonds. The first-order valence-corrected chi connectivity index (χ1v) is 5.17. The number of rotatable bonds is 4. The highest BCUT2D eigenvalue weighted by Gasteiger charge is 2.27. The number of carbonyl (C=O) groups is 1. The number of aliphatic hydroxyl groups excluding tert-OH is 1. The molecule has 4 nitrogen and oxygen atoms in total. The Hall–Kier alpha value is -0.610. The number of carbonyl (C=O) groups excluding carboxylic acids is 1. The lowest BCUT2D eigenvalue weighted by atomic mass is 9.89. The minimum absolute atomic E-state index is 0.112. The fourth-order valence-corrected chi connectivity index (χ4v) is 1.40. The number of likely N-dealkylation sites (N-methyl/N-ethyl adjacent to an activating group) is 1. The number of aliphatic hydroxyl groups is 1. The van der Waals surface area contributed by atoms with Crippen molar-refractivity contribution in [1.82, 2.24) is 10.2 Å². The van der Waals surface area contributed by atoms with Crippen LogP contribution in [0, 0.1) is 0 Å². The van der Waals surface area contributed by atoms with Gasteiger partial charge in [-0.3, -0.25) is 4.79 Å². The molecule has 1 rings (SSSR count). The van der Waals surface area contributed by atoms with Crippen molar-refractivity contribution in [2.45, 2.75) is 44.9 Å². The highest BCUT2D eigenvalue weighted by Crippen LogP contribution is 2.18. The maximum absolute atomic E-state index is 11.5. The van der Waals surface area contributed by atoms with E-state index in [4.69, 9.17) is 5.11 Å². The zero-order chi connectivity index (χ0) is 10.7. The van der Waals surface area contributed by atoms with E-state index in [2.05, 4.69) is 5.32 Å². The number of nitrogens with zero attached hydrogens (tertiary/aromatic N) is 1. The summed E-state index contributed by atoms with van der Waals surface area (Å²) in [6.45, 7) is 4.36. The smallest absolute Gasteiger partial charge is 0.236 e. The average molecular weight is 200 g/mol. The molecule has 0 spiro atoms. The molecule has 1 aliphatic carbocycles. The van der Waals surface area contributed by atoms with Crippen LogP contribution in [0.4, 0.5) is 0 Å². The molecule has 0 aromatic heterocycles. The molecule has 1 fully saturated rings. The molecule has 0 saturated heterocycles. The molecule has 0 bridgehead atoms. The third-order valence-electron chi connectivity index (χ3n) is 2.82. The lowest BCUT2D eigenvalue weighted by Crippen LogP contribution is -2.48. The summed E-state index contributed by atoms with van der Waals surface area (Å²) in [7, 11) is 1.81. The van der Waals surface area contributed by atoms with E-state index in [9.17, 15) is 4.79 Å². The molecule has 2 N–H and O–H groups in total. The second-order valence-corrected chi connectivity index (χ2v) is 4.30. The molecule has 0 radical (unpaired) electrons. The lowest BCUT2D eigenvalue weighted by Gasteiger charge is -2.32. The molecule has 4 heteroatoms. The van der Waals surface area contributed by atoms with Gasteiger partial charge in [0.15, 0.2) is 0 Å². The summed E-state index contributed by atoms with van der Waals surface area (Å²) in [5.74, 6) is 0.112. The van der Waals surface area contributed by atoms with Gasteiger partial charge in [-0.05, 0) is 26.7 Å². The Balaban J connectivity index is 2.15. The number of amides is 1. The predicted molar refractivity (Wildman–Crippen MR) is 54.9 cm³/mol. The first-order valence-electron chi connectivity index (χ1n) is 5.17. The Bertz CT molecular complexity index is 200. The molecule has 0 aromatic carbocycles. The van der Waals surface area contributed by atoms with E-state index >= 15 is 0 Å². The Morgan fingerprint density at radius 3 is 2.57 bits per heavy atom. The minimum atomic E-state index is -0.162. The molecule has 0 heterocycles. The standard InChI is InChI=1S/C10H20N2O2/c1-7(2)12(3)10(14)6-11-8-4-9(13)5-8/h7-9,11,13H,4-6H2,1-3H3. The van der Waals surface area contributed by atoms with Gasteiger partial charge < -0.3 is 15.3 Å². The van der Waals surface area contributed by atoms with Crippen LogP contribution in [0.3, 0.4) is 0 Å². The summed E-state index contributed by atoms with van der Waals surface area (Å²) < 4.78 is 0. The Morgan fingerprint density at radius 2 is 2.14 bits per heavy atom. The van der Waals surface area contributed by atoms with Crippen molar-refractivity contribution in [2.24, 2.45) is 0 Å². The zero-order valence-electron chi connectivity index (χ0n) is 9.16. The van der Waals surface area contributed by atoms with E-state index in [0.717, 1.165) is 12.8 Å². The van der Waals surface area contributed by atoms with Crippen LogP contribution in [-0.4, -0.2) is 47.7 Å². The number of nitrogens with one attached hydrogen (secondary N) is 1. The summed E-state index contributed by atoms with van der Waals surface area (Å²) in [5.41, 5.74) is 0. The van der Waals surface area contributed by atoms with Crippen LogP contribution < -0.4 is 5.32 Å². The van der Waals surface area contributed by atoms with Crippen LogP contribution in [0.1, 0.15) is 26.7 Å². The largest absolute Gasteiger partial charge is 0.393 e. The Labute approximate surface area is 85.3 Å². The Morgan fingerprint density at radius 1 is 1.57 bits per heavy atom. The fraction of sp³-hybridized carbons (Fsp3) is 0.900. The van der Waals surface area contributed by atoms with Gasteiger partial charge in [0.05, 0.1) is 12.6 Å². The van der Waals surface area contributed by atoms with Gasteiger partial charge in [0.2, 0.25) is 5.91 Å². The van der Waals surface area contributed by atoms with Gasteiger partial charge in [0.25, 0.3) is 0 Å². The molecule has 0 atom stereocenters. The first-order chi connectivity index (χ1) is 6.50. The summed E-state index contributed by atoms with van der Waals surface area (Å²) >= 11 is 0. The minimum Gasteiger partial charge on any atom is -0.393 e. The van der Waals surface area contributed by atoms with E-state index in [1.807, 2.05) is 20.9 Å². The second-order valence-electron chi connectivity index (χ2n) is 4.30. The van der Waals surface area contributed by atoms with Crippen molar-refractivity contribution >= 4 is 5.91 Å². The molecular formula is C10H20N2O2. The van der Waals surface area contributed by atoms with Crippen molar-refractivity contribution in [3.63, 3.8) is 0 Å². The van der Waals surface area contributed by atoms with Crippen LogP contribution in [0.25, 0.3) is 0 Å². The third kappa shape index (κ3) is 2.96. The SMILES string of the molecule is CC(C)N(C)C(=O)CNC1CC(O)C1. The highest BCUT2D eigenvalue weighted by atomic mass is 16.3. The molecular weight excluding hydrogens is 180 g/mol. The fourth-order valence-electron chi connectivity index (χ4n) is 1.40. The zero-order valence-corrected chi connectivity index (χ0v) is 9.16. The molecule has 14 heavy (non-hydrogen) atoms. The quantitative estimate of drug-likeness (QED) is 0.670. The second kappa shape index (κ2) is 4.75. The van der Waals surface area contributed by atoms with Gasteiger partial charge in [0, 0.05) is 19.1 Å². The Kier molecular flexibility index (Phi) is 3.89. The summed E-state index contributed by atoms with van der Waals surface area (Å²) in [4.78, 5) is 13.2. The predicted octanol–water partition coefficient (Wildman–Crippen LogP) is -0.0339.